The minimum absolute atomic E-state index is 0.182. The van der Waals surface area contributed by atoms with Crippen LogP contribution in [0.3, 0.4) is 0 Å². The summed E-state index contributed by atoms with van der Waals surface area (Å²) in [7, 11) is -2.37. The van der Waals surface area contributed by atoms with Crippen molar-refractivity contribution >= 4 is 32.3 Å². The van der Waals surface area contributed by atoms with Gasteiger partial charge in [-0.15, -0.1) is 0 Å². The number of morpholine rings is 1. The Morgan fingerprint density at radius 2 is 2.14 bits per heavy atom. The van der Waals surface area contributed by atoms with Crippen molar-refractivity contribution in [1.29, 1.82) is 0 Å². The molecule has 1 atom stereocenters. The van der Waals surface area contributed by atoms with Gasteiger partial charge in [0.05, 0.1) is 77.2 Å². The third kappa shape index (κ3) is 3.49. The smallest absolute Gasteiger partial charge is 0.169 e. The van der Waals surface area contributed by atoms with Crippen LogP contribution in [-0.2, 0) is 19.2 Å². The fraction of sp³-hybridized carbons (Fsp3) is 0.500. The summed E-state index contributed by atoms with van der Waals surface area (Å²) in [5, 5.41) is 12.2. The Labute approximate surface area is 168 Å². The number of pyridine rings is 1. The van der Waals surface area contributed by atoms with Crippen LogP contribution in [-0.4, -0.2) is 79.7 Å². The van der Waals surface area contributed by atoms with Gasteiger partial charge in [0.25, 0.3) is 0 Å². The molecule has 5 heterocycles. The van der Waals surface area contributed by atoms with E-state index in [9.17, 15) is 4.21 Å². The summed E-state index contributed by atoms with van der Waals surface area (Å²) in [6.45, 7) is 5.06. The standard InChI is InChI=1S/C18H23N7O3S/c1-13-12-28-5-4-24(13)17-10-15(23-29(26)8-6-27-7-9-29)14-11-20-25(18(14)21-17)16-2-3-19-22-16/h2-3,10-11,13H,4-9,12H2,1H3,(H,19,22)/t13-/m1/s1. The highest BCUT2D eigenvalue weighted by atomic mass is 32.2. The fourth-order valence-corrected chi connectivity index (χ4v) is 5.31. The molecule has 0 aliphatic carbocycles. The predicted octanol–water partition coefficient (Wildman–Crippen LogP) is 1.50. The number of hydrogen-bond donors (Lipinski definition) is 1. The number of aromatic nitrogens is 5. The maximum absolute atomic E-state index is 13.3. The molecule has 0 amide bonds. The van der Waals surface area contributed by atoms with Gasteiger partial charge in [-0.2, -0.15) is 19.2 Å². The lowest BCUT2D eigenvalue weighted by atomic mass is 10.2. The second-order valence-electron chi connectivity index (χ2n) is 7.24. The summed E-state index contributed by atoms with van der Waals surface area (Å²) in [6, 6.07) is 3.93. The van der Waals surface area contributed by atoms with E-state index in [1.165, 1.54) is 0 Å². The van der Waals surface area contributed by atoms with Crippen molar-refractivity contribution in [3.05, 3.63) is 24.5 Å². The third-order valence-corrected chi connectivity index (χ3v) is 7.38. The van der Waals surface area contributed by atoms with Crippen LogP contribution in [0.25, 0.3) is 16.9 Å². The van der Waals surface area contributed by atoms with Crippen LogP contribution in [0.15, 0.2) is 28.9 Å². The number of nitrogens with one attached hydrogen (secondary N) is 1. The molecule has 0 unspecified atom stereocenters. The van der Waals surface area contributed by atoms with Crippen LogP contribution in [0, 0.1) is 0 Å². The number of aromatic amines is 1. The molecule has 3 aromatic rings. The van der Waals surface area contributed by atoms with E-state index in [0.29, 0.717) is 55.1 Å². The number of nitrogens with zero attached hydrogens (tertiary/aromatic N) is 6. The van der Waals surface area contributed by atoms with E-state index in [0.717, 1.165) is 17.7 Å². The molecule has 11 heteroatoms. The van der Waals surface area contributed by atoms with Gasteiger partial charge >= 0.3 is 0 Å². The monoisotopic (exact) mass is 417 g/mol. The summed E-state index contributed by atoms with van der Waals surface area (Å²) in [6.07, 6.45) is 3.39. The van der Waals surface area contributed by atoms with Crippen LogP contribution >= 0.6 is 0 Å². The molecule has 2 aliphatic rings. The van der Waals surface area contributed by atoms with Gasteiger partial charge in [0, 0.05) is 18.7 Å². The lowest BCUT2D eigenvalue weighted by Gasteiger charge is -2.34. The second kappa shape index (κ2) is 7.39. The average molecular weight is 417 g/mol. The van der Waals surface area contributed by atoms with E-state index in [4.69, 9.17) is 18.8 Å². The number of anilines is 1. The van der Waals surface area contributed by atoms with E-state index >= 15 is 0 Å². The Morgan fingerprint density at radius 1 is 1.28 bits per heavy atom. The largest absolute Gasteiger partial charge is 0.379 e. The van der Waals surface area contributed by atoms with E-state index in [1.807, 2.05) is 12.1 Å². The quantitative estimate of drug-likeness (QED) is 0.687. The average Bonchev–Trinajstić information content (AvgIpc) is 3.38. The van der Waals surface area contributed by atoms with Gasteiger partial charge in [-0.25, -0.2) is 9.19 Å². The first kappa shape index (κ1) is 18.5. The van der Waals surface area contributed by atoms with Crippen molar-refractivity contribution in [2.45, 2.75) is 13.0 Å². The molecular weight excluding hydrogens is 394 g/mol. The van der Waals surface area contributed by atoms with Gasteiger partial charge in [-0.05, 0) is 6.92 Å². The third-order valence-electron chi connectivity index (χ3n) is 5.24. The summed E-state index contributed by atoms with van der Waals surface area (Å²) in [5.41, 5.74) is 1.31. The molecule has 3 aromatic heterocycles. The predicted molar refractivity (Wildman–Crippen MR) is 109 cm³/mol. The van der Waals surface area contributed by atoms with Crippen molar-refractivity contribution in [1.82, 2.24) is 25.0 Å². The van der Waals surface area contributed by atoms with Crippen LogP contribution in [0.4, 0.5) is 11.5 Å². The van der Waals surface area contributed by atoms with Crippen LogP contribution in [0.5, 0.6) is 0 Å². The summed E-state index contributed by atoms with van der Waals surface area (Å²) in [5.74, 6) is 2.37. The Balaban J connectivity index is 1.70. The Bertz CT molecular complexity index is 1120. The minimum atomic E-state index is -2.37. The molecule has 1 N–H and O–H groups in total. The highest BCUT2D eigenvalue weighted by molar-refractivity contribution is 7.93. The molecule has 29 heavy (non-hydrogen) atoms. The summed E-state index contributed by atoms with van der Waals surface area (Å²) >= 11 is 0. The molecule has 10 nitrogen and oxygen atoms in total. The lowest BCUT2D eigenvalue weighted by Crippen LogP contribution is -2.44. The van der Waals surface area contributed by atoms with E-state index in [2.05, 4.69) is 27.1 Å². The number of hydrogen-bond acceptors (Lipinski definition) is 8. The van der Waals surface area contributed by atoms with Crippen LogP contribution in [0.1, 0.15) is 6.92 Å². The molecule has 0 spiro atoms. The highest BCUT2D eigenvalue weighted by Crippen LogP contribution is 2.33. The zero-order valence-corrected chi connectivity index (χ0v) is 17.0. The normalized spacial score (nSPS) is 22.1. The van der Waals surface area contributed by atoms with Gasteiger partial charge < -0.3 is 14.4 Å². The molecule has 0 radical (unpaired) electrons. The van der Waals surface area contributed by atoms with Crippen LogP contribution in [0.2, 0.25) is 0 Å². The van der Waals surface area contributed by atoms with Crippen molar-refractivity contribution in [2.24, 2.45) is 4.36 Å². The molecule has 2 saturated heterocycles. The van der Waals surface area contributed by atoms with Crippen molar-refractivity contribution in [3.8, 4) is 5.82 Å². The Morgan fingerprint density at radius 3 is 2.90 bits per heavy atom. The summed E-state index contributed by atoms with van der Waals surface area (Å²) in [4.78, 5) is 7.08. The molecule has 0 saturated carbocycles. The van der Waals surface area contributed by atoms with E-state index < -0.39 is 9.73 Å². The SMILES string of the molecule is C[C@@H]1COCCN1c1cc(N=S2(=O)CCOCC2)c2cnn(-c3ccn[nH]3)c2n1. The zero-order chi connectivity index (χ0) is 19.8. The molecule has 2 aliphatic heterocycles. The van der Waals surface area contributed by atoms with E-state index in [1.54, 1.807) is 17.1 Å². The first-order valence-corrected chi connectivity index (χ1v) is 11.5. The van der Waals surface area contributed by atoms with Gasteiger partial charge in [0.1, 0.15) is 5.82 Å². The molecule has 0 bridgehead atoms. The number of rotatable bonds is 3. The van der Waals surface area contributed by atoms with Crippen molar-refractivity contribution < 1.29 is 13.7 Å². The van der Waals surface area contributed by atoms with E-state index in [-0.39, 0.29) is 6.04 Å². The molecular formula is C18H23N7O3S. The Kier molecular flexibility index (Phi) is 4.72. The number of fused-ring (bicyclic) bond motifs is 1. The number of ether oxygens (including phenoxy) is 2. The van der Waals surface area contributed by atoms with Crippen molar-refractivity contribution in [2.75, 3.05) is 49.4 Å². The van der Waals surface area contributed by atoms with Crippen molar-refractivity contribution in [3.63, 3.8) is 0 Å². The van der Waals surface area contributed by atoms with Crippen LogP contribution < -0.4 is 4.90 Å². The van der Waals surface area contributed by atoms with Gasteiger partial charge in [0.2, 0.25) is 0 Å². The molecule has 2 fully saturated rings. The fourth-order valence-electron chi connectivity index (χ4n) is 3.66. The number of H-pyrrole nitrogens is 1. The molecule has 154 valence electrons. The van der Waals surface area contributed by atoms with Gasteiger partial charge in [-0.3, -0.25) is 5.10 Å². The maximum atomic E-state index is 13.3. The first-order valence-electron chi connectivity index (χ1n) is 9.66. The van der Waals surface area contributed by atoms with Gasteiger partial charge in [-0.1, -0.05) is 0 Å². The minimum Gasteiger partial charge on any atom is -0.379 e. The summed E-state index contributed by atoms with van der Waals surface area (Å²) < 4.78 is 30.6. The maximum Gasteiger partial charge on any atom is 0.169 e. The Hall–Kier alpha value is -2.50. The molecule has 5 rings (SSSR count). The molecule has 0 aromatic carbocycles. The first-order chi connectivity index (χ1) is 14.1. The topological polar surface area (TPSA) is 111 Å². The van der Waals surface area contributed by atoms with Gasteiger partial charge in [0.15, 0.2) is 11.5 Å². The lowest BCUT2D eigenvalue weighted by molar-refractivity contribution is 0.0985. The second-order valence-corrected chi connectivity index (χ2v) is 9.78. The zero-order valence-electron chi connectivity index (χ0n) is 16.2. The highest BCUT2D eigenvalue weighted by Gasteiger charge is 2.24.